The Balaban J connectivity index is 1.90. The first kappa shape index (κ1) is 17.3. The normalized spacial score (nSPS) is 18.3. The number of likely N-dealkylation sites (tertiary alicyclic amines) is 1. The van der Waals surface area contributed by atoms with Crippen LogP contribution in [0.4, 0.5) is 11.4 Å². The van der Waals surface area contributed by atoms with Gasteiger partial charge in [-0.2, -0.15) is 0 Å². The number of rotatable bonds is 4. The number of hydrogen-bond donors (Lipinski definition) is 0. The average Bonchev–Trinajstić information content (AvgIpc) is 2.70. The quantitative estimate of drug-likeness (QED) is 0.683. The van der Waals surface area contributed by atoms with E-state index in [-0.39, 0.29) is 6.04 Å². The van der Waals surface area contributed by atoms with Crippen LogP contribution in [0.25, 0.3) is 0 Å². The smallest absolute Gasteiger partial charge is 0.139 e. The summed E-state index contributed by atoms with van der Waals surface area (Å²) in [6.07, 6.45) is 8.78. The second kappa shape index (κ2) is 7.64. The Bertz CT molecular complexity index is 831. The van der Waals surface area contributed by atoms with Crippen molar-refractivity contribution < 1.29 is 0 Å². The molecular formula is C20H21ClN4O. The molecule has 1 aromatic heterocycles. The molecule has 0 spiro atoms. The van der Waals surface area contributed by atoms with Crippen molar-refractivity contribution in [3.8, 4) is 0 Å². The zero-order valence-corrected chi connectivity index (χ0v) is 15.3. The minimum absolute atomic E-state index is 0.135. The van der Waals surface area contributed by atoms with Gasteiger partial charge in [0.15, 0.2) is 0 Å². The van der Waals surface area contributed by atoms with Gasteiger partial charge < -0.3 is 0 Å². The molecule has 0 amide bonds. The van der Waals surface area contributed by atoms with Crippen molar-refractivity contribution in [2.75, 3.05) is 13.1 Å². The van der Waals surface area contributed by atoms with Gasteiger partial charge in [0.2, 0.25) is 0 Å². The van der Waals surface area contributed by atoms with E-state index in [2.05, 4.69) is 20.1 Å². The molecule has 0 bridgehead atoms. The number of fused-ring (bicyclic) bond motifs is 1. The number of benzene rings is 1. The van der Waals surface area contributed by atoms with Crippen LogP contribution in [0.5, 0.6) is 0 Å². The zero-order chi connectivity index (χ0) is 17.9. The summed E-state index contributed by atoms with van der Waals surface area (Å²) in [7, 11) is 0. The number of piperidine rings is 1. The van der Waals surface area contributed by atoms with E-state index in [1.807, 2.05) is 30.5 Å². The first-order valence-corrected chi connectivity index (χ1v) is 9.53. The van der Waals surface area contributed by atoms with Gasteiger partial charge in [-0.15, -0.1) is 4.91 Å². The Labute approximate surface area is 158 Å². The first-order valence-electron chi connectivity index (χ1n) is 9.15. The molecule has 134 valence electrons. The van der Waals surface area contributed by atoms with Crippen LogP contribution in [-0.4, -0.2) is 29.2 Å². The van der Waals surface area contributed by atoms with Crippen molar-refractivity contribution in [3.63, 3.8) is 0 Å². The van der Waals surface area contributed by atoms with Crippen molar-refractivity contribution in [2.24, 2.45) is 10.2 Å². The van der Waals surface area contributed by atoms with Gasteiger partial charge >= 0.3 is 0 Å². The molecule has 0 radical (unpaired) electrons. The first-order chi connectivity index (χ1) is 12.8. The average molecular weight is 369 g/mol. The second-order valence-corrected chi connectivity index (χ2v) is 7.23. The molecule has 2 aliphatic heterocycles. The third-order valence-corrected chi connectivity index (χ3v) is 5.54. The number of hydrogen-bond acceptors (Lipinski definition) is 5. The molecule has 1 saturated heterocycles. The predicted octanol–water partition coefficient (Wildman–Crippen LogP) is 5.36. The number of halogens is 1. The summed E-state index contributed by atoms with van der Waals surface area (Å²) < 4.78 is 0. The lowest BCUT2D eigenvalue weighted by atomic mass is 9.93. The van der Waals surface area contributed by atoms with Gasteiger partial charge in [-0.3, -0.25) is 14.9 Å². The van der Waals surface area contributed by atoms with E-state index in [1.165, 1.54) is 6.42 Å². The summed E-state index contributed by atoms with van der Waals surface area (Å²) in [5, 5.41) is 4.05. The summed E-state index contributed by atoms with van der Waals surface area (Å²) in [5.74, 6) is 0. The van der Waals surface area contributed by atoms with E-state index in [4.69, 9.17) is 11.6 Å². The van der Waals surface area contributed by atoms with Crippen molar-refractivity contribution in [3.05, 3.63) is 57.2 Å². The molecule has 2 aromatic rings. The molecule has 1 aromatic carbocycles. The fraction of sp³-hybridized carbons (Fsp3) is 0.400. The van der Waals surface area contributed by atoms with Crippen molar-refractivity contribution in [1.82, 2.24) is 9.88 Å². The van der Waals surface area contributed by atoms with Crippen LogP contribution in [0.1, 0.15) is 48.5 Å². The maximum atomic E-state index is 11.8. The van der Waals surface area contributed by atoms with Crippen LogP contribution in [0.2, 0.25) is 5.02 Å². The topological polar surface area (TPSA) is 57.9 Å². The Hall–Kier alpha value is -2.11. The van der Waals surface area contributed by atoms with Gasteiger partial charge in [0.1, 0.15) is 5.69 Å². The van der Waals surface area contributed by atoms with E-state index in [0.717, 1.165) is 55.6 Å². The summed E-state index contributed by atoms with van der Waals surface area (Å²) in [4.78, 5) is 23.2. The minimum Gasteiger partial charge on any atom is -0.291 e. The van der Waals surface area contributed by atoms with Gasteiger partial charge in [-0.1, -0.05) is 24.1 Å². The van der Waals surface area contributed by atoms with Crippen LogP contribution >= 0.6 is 11.6 Å². The SMILES string of the molecule is O=Nc1c(C(c2ccccn2)N2CCCCC2)cc(Cl)c2c1N=CCC2. The highest BCUT2D eigenvalue weighted by Gasteiger charge is 2.30. The molecule has 0 N–H and O–H groups in total. The van der Waals surface area contributed by atoms with Crippen LogP contribution in [0.15, 0.2) is 40.6 Å². The molecule has 26 heavy (non-hydrogen) atoms. The van der Waals surface area contributed by atoms with Crippen molar-refractivity contribution >= 4 is 29.2 Å². The highest BCUT2D eigenvalue weighted by atomic mass is 35.5. The van der Waals surface area contributed by atoms with Crippen LogP contribution in [-0.2, 0) is 6.42 Å². The maximum absolute atomic E-state index is 11.8. The fourth-order valence-electron chi connectivity index (χ4n) is 3.99. The summed E-state index contributed by atoms with van der Waals surface area (Å²) in [6, 6.07) is 7.66. The zero-order valence-electron chi connectivity index (χ0n) is 14.6. The molecule has 1 unspecified atom stereocenters. The van der Waals surface area contributed by atoms with Crippen LogP contribution in [0.3, 0.4) is 0 Å². The summed E-state index contributed by atoms with van der Waals surface area (Å²) in [5.41, 5.74) is 3.68. The Kier molecular flexibility index (Phi) is 5.09. The molecule has 3 heterocycles. The Morgan fingerprint density at radius 2 is 2.04 bits per heavy atom. The number of pyridine rings is 1. The van der Waals surface area contributed by atoms with Crippen molar-refractivity contribution in [1.29, 1.82) is 0 Å². The number of nitroso groups, excluding NO2 is 1. The molecule has 1 fully saturated rings. The minimum atomic E-state index is -0.135. The van der Waals surface area contributed by atoms with Gasteiger partial charge in [0.05, 0.1) is 17.4 Å². The highest BCUT2D eigenvalue weighted by molar-refractivity contribution is 6.32. The van der Waals surface area contributed by atoms with Crippen LogP contribution in [0, 0.1) is 4.91 Å². The van der Waals surface area contributed by atoms with Gasteiger partial charge in [-0.05, 0) is 67.7 Å². The third-order valence-electron chi connectivity index (χ3n) is 5.21. The fourth-order valence-corrected chi connectivity index (χ4v) is 4.29. The molecule has 0 saturated carbocycles. The molecule has 0 aliphatic carbocycles. The summed E-state index contributed by atoms with van der Waals surface area (Å²) in [6.45, 7) is 1.94. The van der Waals surface area contributed by atoms with Crippen molar-refractivity contribution in [2.45, 2.75) is 38.1 Å². The second-order valence-electron chi connectivity index (χ2n) is 6.82. The lowest BCUT2D eigenvalue weighted by Crippen LogP contribution is -2.35. The standard InChI is InChI=1S/C20H21ClN4O/c21-16-13-15(19(24-26)18-14(16)7-6-10-23-18)20(17-8-2-3-9-22-17)25-11-4-1-5-12-25/h2-3,8-10,13,20H,1,4-7,11-12H2. The van der Waals surface area contributed by atoms with Crippen LogP contribution < -0.4 is 0 Å². The van der Waals surface area contributed by atoms with E-state index >= 15 is 0 Å². The van der Waals surface area contributed by atoms with Gasteiger partial charge in [0.25, 0.3) is 0 Å². The lowest BCUT2D eigenvalue weighted by Gasteiger charge is -2.35. The molecular weight excluding hydrogens is 348 g/mol. The highest BCUT2D eigenvalue weighted by Crippen LogP contribution is 2.46. The maximum Gasteiger partial charge on any atom is 0.139 e. The van der Waals surface area contributed by atoms with E-state index in [0.29, 0.717) is 16.4 Å². The molecule has 5 nitrogen and oxygen atoms in total. The summed E-state index contributed by atoms with van der Waals surface area (Å²) >= 11 is 6.59. The molecule has 4 rings (SSSR count). The Morgan fingerprint density at radius 1 is 1.19 bits per heavy atom. The molecule has 1 atom stereocenters. The van der Waals surface area contributed by atoms with E-state index in [1.54, 1.807) is 6.20 Å². The number of nitrogens with zero attached hydrogens (tertiary/aromatic N) is 4. The predicted molar refractivity (Wildman–Crippen MR) is 105 cm³/mol. The number of aromatic nitrogens is 1. The molecule has 2 aliphatic rings. The number of aliphatic imine (C=N–C) groups is 1. The lowest BCUT2D eigenvalue weighted by molar-refractivity contribution is 0.185. The molecule has 6 heteroatoms. The largest absolute Gasteiger partial charge is 0.291 e. The van der Waals surface area contributed by atoms with Gasteiger partial charge in [-0.25, -0.2) is 0 Å². The Morgan fingerprint density at radius 3 is 2.77 bits per heavy atom. The van der Waals surface area contributed by atoms with E-state index in [9.17, 15) is 4.91 Å². The monoisotopic (exact) mass is 368 g/mol. The van der Waals surface area contributed by atoms with E-state index < -0.39 is 0 Å². The van der Waals surface area contributed by atoms with Gasteiger partial charge in [0, 0.05) is 23.0 Å². The third kappa shape index (κ3) is 3.17.